The summed E-state index contributed by atoms with van der Waals surface area (Å²) < 4.78 is 21.2. The van der Waals surface area contributed by atoms with Crippen molar-refractivity contribution >= 4 is 11.6 Å². The van der Waals surface area contributed by atoms with Gasteiger partial charge < -0.3 is 24.3 Å². The van der Waals surface area contributed by atoms with Crippen molar-refractivity contribution in [2.75, 3.05) is 33.8 Å². The summed E-state index contributed by atoms with van der Waals surface area (Å²) in [7, 11) is 6.30. The van der Waals surface area contributed by atoms with Gasteiger partial charge in [0.1, 0.15) is 11.5 Å². The molecule has 2 aromatic carbocycles. The molecule has 0 saturated carbocycles. The van der Waals surface area contributed by atoms with Crippen LogP contribution in [-0.2, 0) is 4.79 Å². The van der Waals surface area contributed by atoms with E-state index in [0.29, 0.717) is 28.7 Å². The summed E-state index contributed by atoms with van der Waals surface area (Å²) in [6.45, 7) is 4.01. The molecule has 0 spiro atoms. The predicted molar refractivity (Wildman–Crippen MR) is 105 cm³/mol. The van der Waals surface area contributed by atoms with Crippen LogP contribution in [-0.4, -0.2) is 34.3 Å². The number of hydrogen-bond acceptors (Lipinski definition) is 5. The van der Waals surface area contributed by atoms with Crippen molar-refractivity contribution in [1.82, 2.24) is 0 Å². The molecule has 0 aliphatic heterocycles. The largest absolute Gasteiger partial charge is 0.497 e. The lowest BCUT2D eigenvalue weighted by atomic mass is 9.87. The van der Waals surface area contributed by atoms with Gasteiger partial charge in [-0.2, -0.15) is 0 Å². The molecule has 146 valence electrons. The highest BCUT2D eigenvalue weighted by molar-refractivity contribution is 5.97. The fourth-order valence-corrected chi connectivity index (χ4v) is 3.00. The van der Waals surface area contributed by atoms with Crippen molar-refractivity contribution in [3.8, 4) is 23.0 Å². The minimum atomic E-state index is -0.364. The Bertz CT molecular complexity index is 788. The summed E-state index contributed by atoms with van der Waals surface area (Å²) in [5.74, 6) is 2.00. The summed E-state index contributed by atoms with van der Waals surface area (Å²) in [6.07, 6.45) is 0. The van der Waals surface area contributed by atoms with Gasteiger partial charge in [-0.3, -0.25) is 4.79 Å². The van der Waals surface area contributed by atoms with E-state index in [1.54, 1.807) is 46.6 Å². The lowest BCUT2D eigenvalue weighted by Gasteiger charge is -2.22. The number of anilines is 1. The Morgan fingerprint density at radius 3 is 2.04 bits per heavy atom. The van der Waals surface area contributed by atoms with Crippen molar-refractivity contribution < 1.29 is 23.7 Å². The van der Waals surface area contributed by atoms with Crippen LogP contribution in [0, 0.1) is 5.92 Å². The average molecular weight is 373 g/mol. The Hall–Kier alpha value is -2.89. The third-order valence-electron chi connectivity index (χ3n) is 4.38. The second-order valence-corrected chi connectivity index (χ2v) is 6.39. The number of hydrogen-bond donors (Lipinski definition) is 1. The summed E-state index contributed by atoms with van der Waals surface area (Å²) in [5.41, 5.74) is 1.45. The molecule has 2 rings (SSSR count). The van der Waals surface area contributed by atoms with E-state index in [1.807, 2.05) is 32.0 Å². The zero-order chi connectivity index (χ0) is 20.0. The minimum absolute atomic E-state index is 0.0762. The van der Waals surface area contributed by atoms with Gasteiger partial charge in [0, 0.05) is 6.07 Å². The van der Waals surface area contributed by atoms with Gasteiger partial charge in [-0.25, -0.2) is 0 Å². The highest BCUT2D eigenvalue weighted by atomic mass is 16.5. The number of ether oxygens (including phenoxy) is 4. The van der Waals surface area contributed by atoms with Crippen molar-refractivity contribution in [2.24, 2.45) is 5.92 Å². The monoisotopic (exact) mass is 373 g/mol. The van der Waals surface area contributed by atoms with E-state index in [-0.39, 0.29) is 17.7 Å². The van der Waals surface area contributed by atoms with E-state index >= 15 is 0 Å². The second-order valence-electron chi connectivity index (χ2n) is 6.39. The van der Waals surface area contributed by atoms with Crippen molar-refractivity contribution in [1.29, 1.82) is 0 Å². The molecule has 0 saturated heterocycles. The van der Waals surface area contributed by atoms with E-state index in [4.69, 9.17) is 18.9 Å². The maximum Gasteiger partial charge on any atom is 0.232 e. The van der Waals surface area contributed by atoms with Gasteiger partial charge in [-0.05, 0) is 35.7 Å². The summed E-state index contributed by atoms with van der Waals surface area (Å²) in [4.78, 5) is 13.1. The van der Waals surface area contributed by atoms with Gasteiger partial charge in [-0.15, -0.1) is 0 Å². The molecule has 2 aromatic rings. The topological polar surface area (TPSA) is 66.0 Å². The molecular formula is C21H27NO5. The van der Waals surface area contributed by atoms with Crippen LogP contribution in [0.25, 0.3) is 0 Å². The maximum absolute atomic E-state index is 13.1. The number of carbonyl (C=O) groups is 1. The molecule has 1 amide bonds. The van der Waals surface area contributed by atoms with Gasteiger partial charge in [0.05, 0.1) is 40.0 Å². The van der Waals surface area contributed by atoms with Gasteiger partial charge in [-0.1, -0.05) is 19.9 Å². The molecular weight excluding hydrogens is 346 g/mol. The normalized spacial score (nSPS) is 11.7. The first-order valence-corrected chi connectivity index (χ1v) is 8.70. The first-order valence-electron chi connectivity index (χ1n) is 8.70. The molecule has 6 nitrogen and oxygen atoms in total. The fourth-order valence-electron chi connectivity index (χ4n) is 3.00. The van der Waals surface area contributed by atoms with Crippen LogP contribution < -0.4 is 24.3 Å². The standard InChI is InChI=1S/C21H27NO5/c1-13(2)20(14-7-10-17(25-4)19(11-14)27-6)21(23)22-16-9-8-15(24-3)12-18(16)26-5/h7-13,20H,1-6H3,(H,22,23). The van der Waals surface area contributed by atoms with Crippen LogP contribution in [0.15, 0.2) is 36.4 Å². The van der Waals surface area contributed by atoms with Crippen molar-refractivity contribution in [3.63, 3.8) is 0 Å². The third kappa shape index (κ3) is 4.64. The molecule has 27 heavy (non-hydrogen) atoms. The van der Waals surface area contributed by atoms with Crippen LogP contribution >= 0.6 is 0 Å². The van der Waals surface area contributed by atoms with Crippen LogP contribution in [0.3, 0.4) is 0 Å². The van der Waals surface area contributed by atoms with Gasteiger partial charge in [0.2, 0.25) is 5.91 Å². The third-order valence-corrected chi connectivity index (χ3v) is 4.38. The Labute approximate surface area is 160 Å². The molecule has 0 bridgehead atoms. The molecule has 0 aromatic heterocycles. The van der Waals surface area contributed by atoms with Gasteiger partial charge in [0.15, 0.2) is 11.5 Å². The van der Waals surface area contributed by atoms with Gasteiger partial charge >= 0.3 is 0 Å². The number of nitrogens with one attached hydrogen (secondary N) is 1. The molecule has 0 fully saturated rings. The van der Waals surface area contributed by atoms with E-state index in [1.165, 1.54) is 0 Å². The lowest BCUT2D eigenvalue weighted by Crippen LogP contribution is -2.25. The van der Waals surface area contributed by atoms with E-state index in [2.05, 4.69) is 5.32 Å². The number of amides is 1. The number of benzene rings is 2. The van der Waals surface area contributed by atoms with Crippen molar-refractivity contribution in [3.05, 3.63) is 42.0 Å². The molecule has 0 heterocycles. The Kier molecular flexibility index (Phi) is 6.93. The number of methoxy groups -OCH3 is 4. The predicted octanol–water partition coefficient (Wildman–Crippen LogP) is 4.10. The van der Waals surface area contributed by atoms with Crippen LogP contribution in [0.5, 0.6) is 23.0 Å². The Morgan fingerprint density at radius 2 is 1.48 bits per heavy atom. The summed E-state index contributed by atoms with van der Waals surface area (Å²) in [5, 5.41) is 2.97. The van der Waals surface area contributed by atoms with Crippen molar-refractivity contribution in [2.45, 2.75) is 19.8 Å². The van der Waals surface area contributed by atoms with Crippen LogP contribution in [0.4, 0.5) is 5.69 Å². The molecule has 0 radical (unpaired) electrons. The molecule has 0 aliphatic rings. The summed E-state index contributed by atoms with van der Waals surface area (Å²) >= 11 is 0. The zero-order valence-corrected chi connectivity index (χ0v) is 16.7. The van der Waals surface area contributed by atoms with Crippen LogP contribution in [0.1, 0.15) is 25.3 Å². The molecule has 1 atom stereocenters. The Balaban J connectivity index is 2.33. The van der Waals surface area contributed by atoms with E-state index < -0.39 is 0 Å². The lowest BCUT2D eigenvalue weighted by molar-refractivity contribution is -0.118. The molecule has 1 unspecified atom stereocenters. The fraction of sp³-hybridized carbons (Fsp3) is 0.381. The highest BCUT2D eigenvalue weighted by Gasteiger charge is 2.26. The highest BCUT2D eigenvalue weighted by Crippen LogP contribution is 2.35. The maximum atomic E-state index is 13.1. The number of carbonyl (C=O) groups excluding carboxylic acids is 1. The summed E-state index contributed by atoms with van der Waals surface area (Å²) in [6, 6.07) is 10.8. The molecule has 0 aliphatic carbocycles. The molecule has 6 heteroatoms. The van der Waals surface area contributed by atoms with E-state index in [0.717, 1.165) is 5.56 Å². The first-order chi connectivity index (χ1) is 12.9. The average Bonchev–Trinajstić information content (AvgIpc) is 2.67. The molecule has 1 N–H and O–H groups in total. The number of rotatable bonds is 8. The SMILES string of the molecule is COc1ccc(NC(=O)C(c2ccc(OC)c(OC)c2)C(C)C)c(OC)c1. The minimum Gasteiger partial charge on any atom is -0.497 e. The smallest absolute Gasteiger partial charge is 0.232 e. The first kappa shape index (κ1) is 20.4. The quantitative estimate of drug-likeness (QED) is 0.755. The Morgan fingerprint density at radius 1 is 0.815 bits per heavy atom. The van der Waals surface area contributed by atoms with Gasteiger partial charge in [0.25, 0.3) is 0 Å². The van der Waals surface area contributed by atoms with E-state index in [9.17, 15) is 4.79 Å². The second kappa shape index (κ2) is 9.16. The van der Waals surface area contributed by atoms with Crippen LogP contribution in [0.2, 0.25) is 0 Å². The zero-order valence-electron chi connectivity index (χ0n) is 16.7.